The van der Waals surface area contributed by atoms with Gasteiger partial charge in [-0.2, -0.15) is 0 Å². The van der Waals surface area contributed by atoms with Gasteiger partial charge in [0.15, 0.2) is 11.5 Å². The number of aromatic hydroxyl groups is 2. The van der Waals surface area contributed by atoms with E-state index in [4.69, 9.17) is 15.3 Å². The first-order valence-electron chi connectivity index (χ1n) is 2.87. The van der Waals surface area contributed by atoms with E-state index < -0.39 is 17.5 Å². The second-order valence-corrected chi connectivity index (χ2v) is 1.98. The molecule has 1 rings (SSSR count). The van der Waals surface area contributed by atoms with E-state index in [0.29, 0.717) is 0 Å². The second-order valence-electron chi connectivity index (χ2n) is 1.98. The predicted octanol–water partition coefficient (Wildman–Crippen LogP) is -11.9. The first kappa shape index (κ1) is 36.3. The summed E-state index contributed by atoms with van der Waals surface area (Å²) in [4.78, 5) is 10.3. The van der Waals surface area contributed by atoms with Crippen LogP contribution in [0.2, 0.25) is 0 Å². The van der Waals surface area contributed by atoms with E-state index in [1.807, 2.05) is 0 Å². The van der Waals surface area contributed by atoms with Crippen LogP contribution in [0, 0.1) is 0 Å². The molecule has 3 N–H and O–H groups in total. The summed E-state index contributed by atoms with van der Waals surface area (Å²) >= 11 is 0. The summed E-state index contributed by atoms with van der Waals surface area (Å²) in [6, 6.07) is 3.76. The van der Waals surface area contributed by atoms with Crippen molar-refractivity contribution in [1.82, 2.24) is 0 Å². The number of rotatable bonds is 1. The summed E-state index contributed by atoms with van der Waals surface area (Å²) in [6.07, 6.45) is 0. The summed E-state index contributed by atoms with van der Waals surface area (Å²) in [5.41, 5.74) is -0.301. The number of phenolic OH excluding ortho intramolecular Hbond substituents is 1. The fraction of sp³-hybridized carbons (Fsp3) is 0. The van der Waals surface area contributed by atoms with Crippen LogP contribution in [0.25, 0.3) is 0 Å². The summed E-state index contributed by atoms with van der Waals surface area (Å²) < 4.78 is 0. The molecule has 1 aromatic rings. The fourth-order valence-corrected chi connectivity index (χ4v) is 0.704. The Morgan fingerprint density at radius 2 is 1.35 bits per heavy atom. The zero-order valence-electron chi connectivity index (χ0n) is 8.41. The molecule has 0 aliphatic heterocycles. The summed E-state index contributed by atoms with van der Waals surface area (Å²) in [5.74, 6) is -2.29. The third-order valence-electron chi connectivity index (χ3n) is 1.25. The van der Waals surface area contributed by atoms with Gasteiger partial charge in [-0.05, 0) is 12.1 Å². The molecule has 0 bridgehead atoms. The van der Waals surface area contributed by atoms with Gasteiger partial charge in [-0.15, -0.1) is 0 Å². The maximum Gasteiger partial charge on any atom is 2.00 e. The van der Waals surface area contributed by atoms with E-state index in [2.05, 4.69) is 0 Å². The average molecular weight is 522 g/mol. The second kappa shape index (κ2) is 17.7. The Balaban J connectivity index is -0.0000000504. The molecule has 17 heavy (non-hydrogen) atoms. The zero-order chi connectivity index (χ0) is 8.43. The van der Waals surface area contributed by atoms with Gasteiger partial charge in [-0.1, -0.05) is 6.07 Å². The molecule has 4 nitrogen and oxygen atoms in total. The molecule has 0 fully saturated rings. The molecule has 0 radical (unpaired) electrons. The molecule has 0 amide bonds. The van der Waals surface area contributed by atoms with Gasteiger partial charge in [-0.3, -0.25) is 0 Å². The van der Waals surface area contributed by atoms with Crippen LogP contribution in [-0.4, -0.2) is 67.4 Å². The quantitative estimate of drug-likeness (QED) is 0.253. The number of aromatic carboxylic acids is 1. The minimum absolute atomic E-state index is 0. The van der Waals surface area contributed by atoms with Crippen molar-refractivity contribution < 1.29 is 88.0 Å². The molecular weight excluding hydrogens is 516 g/mol. The number of carboxylic acid groups (broad SMARTS) is 1. The Kier molecular flexibility index (Phi) is 37.9. The minimum atomic E-state index is -1.27. The maximum atomic E-state index is 10.3. The van der Waals surface area contributed by atoms with Crippen LogP contribution in [0.15, 0.2) is 18.2 Å². The zero-order valence-corrected chi connectivity index (χ0v) is 17.6. The number of benzene rings is 1. The first-order chi connectivity index (χ1) is 5.13. The van der Waals surface area contributed by atoms with Gasteiger partial charge < -0.3 is 83.2 Å². The molecule has 90 valence electrons. The van der Waals surface area contributed by atoms with E-state index in [-0.39, 0.29) is 120 Å². The molecule has 0 aromatic heterocycles. The van der Waals surface area contributed by atoms with Crippen LogP contribution in [-0.2, 0) is 0 Å². The number of phenols is 2. The molecular formula is C7H6Br4Mg2O4. The molecule has 0 spiro atoms. The largest absolute Gasteiger partial charge is 2.00 e. The molecule has 0 saturated carbocycles. The van der Waals surface area contributed by atoms with Crippen LogP contribution in [0.4, 0.5) is 0 Å². The van der Waals surface area contributed by atoms with Crippen molar-refractivity contribution in [2.45, 2.75) is 0 Å². The predicted molar refractivity (Wildman–Crippen MR) is 48.2 cm³/mol. The van der Waals surface area contributed by atoms with Crippen molar-refractivity contribution in [2.75, 3.05) is 0 Å². The van der Waals surface area contributed by atoms with Crippen molar-refractivity contribution >= 4 is 52.1 Å². The summed E-state index contributed by atoms with van der Waals surface area (Å²) in [5, 5.41) is 26.2. The normalized spacial score (nSPS) is 6.12. The number of carbonyl (C=O) groups is 1. The number of hydrogen-bond donors (Lipinski definition) is 3. The van der Waals surface area contributed by atoms with Crippen LogP contribution >= 0.6 is 0 Å². The van der Waals surface area contributed by atoms with Crippen molar-refractivity contribution in [3.05, 3.63) is 23.8 Å². The van der Waals surface area contributed by atoms with Crippen molar-refractivity contribution in [3.8, 4) is 11.5 Å². The van der Waals surface area contributed by atoms with Gasteiger partial charge in [-0.25, -0.2) is 4.79 Å². The molecule has 10 heteroatoms. The molecule has 0 heterocycles. The topological polar surface area (TPSA) is 77.8 Å². The van der Waals surface area contributed by atoms with Crippen LogP contribution in [0.5, 0.6) is 11.5 Å². The molecule has 0 unspecified atom stereocenters. The molecule has 0 aliphatic rings. The Hall–Kier alpha value is 1.74. The monoisotopic (exact) mass is 518 g/mol. The van der Waals surface area contributed by atoms with Gasteiger partial charge in [0, 0.05) is 0 Å². The smallest absolute Gasteiger partial charge is 1.00 e. The molecule has 0 aliphatic carbocycles. The number of hydrogen-bond acceptors (Lipinski definition) is 3. The van der Waals surface area contributed by atoms with Gasteiger partial charge >= 0.3 is 52.1 Å². The van der Waals surface area contributed by atoms with E-state index in [0.717, 1.165) is 0 Å². The number of halogens is 4. The van der Waals surface area contributed by atoms with E-state index >= 15 is 0 Å². The third-order valence-corrected chi connectivity index (χ3v) is 1.25. The van der Waals surface area contributed by atoms with Gasteiger partial charge in [0.25, 0.3) is 0 Å². The third kappa shape index (κ3) is 11.3. The van der Waals surface area contributed by atoms with E-state index in [1.54, 1.807) is 0 Å². The maximum absolute atomic E-state index is 10.3. The van der Waals surface area contributed by atoms with Crippen molar-refractivity contribution in [3.63, 3.8) is 0 Å². The van der Waals surface area contributed by atoms with Gasteiger partial charge in [0.2, 0.25) is 0 Å². The summed E-state index contributed by atoms with van der Waals surface area (Å²) in [6.45, 7) is 0. The van der Waals surface area contributed by atoms with Gasteiger partial charge in [0.05, 0.1) is 0 Å². The Morgan fingerprint density at radius 3 is 1.65 bits per heavy atom. The molecule has 0 saturated heterocycles. The Bertz CT molecular complexity index is 314. The first-order valence-corrected chi connectivity index (χ1v) is 2.87. The van der Waals surface area contributed by atoms with E-state index in [1.165, 1.54) is 18.2 Å². The average Bonchev–Trinajstić information content (AvgIpc) is 1.94. The number of carboxylic acids is 1. The van der Waals surface area contributed by atoms with Crippen LogP contribution in [0.3, 0.4) is 0 Å². The molecule has 1 aromatic carbocycles. The minimum Gasteiger partial charge on any atom is -1.00 e. The number of para-hydroxylation sites is 1. The van der Waals surface area contributed by atoms with Crippen molar-refractivity contribution in [2.24, 2.45) is 0 Å². The Labute approximate surface area is 173 Å². The standard InChI is InChI=1S/C7H6O4.4BrH.2Mg/c8-5-3-1-2-4(6(5)9)7(10)11;;;;;;/h1-3,8-9H,(H,10,11);4*1H;;/q;;;;;2*+2/p-4. The summed E-state index contributed by atoms with van der Waals surface area (Å²) in [7, 11) is 0. The fourth-order valence-electron chi connectivity index (χ4n) is 0.704. The molecule has 0 atom stereocenters. The van der Waals surface area contributed by atoms with Crippen molar-refractivity contribution in [1.29, 1.82) is 0 Å². The SMILES string of the molecule is O=C(O)c1cccc(O)c1O.[Br-].[Br-].[Br-].[Br-].[Mg+2].[Mg+2]. The van der Waals surface area contributed by atoms with Crippen LogP contribution < -0.4 is 67.9 Å². The van der Waals surface area contributed by atoms with E-state index in [9.17, 15) is 4.79 Å². The Morgan fingerprint density at radius 1 is 0.941 bits per heavy atom. The van der Waals surface area contributed by atoms with Gasteiger partial charge in [0.1, 0.15) is 5.56 Å². The van der Waals surface area contributed by atoms with Crippen LogP contribution in [0.1, 0.15) is 10.4 Å².